The van der Waals surface area contributed by atoms with Crippen LogP contribution in [0.2, 0.25) is 0 Å². The van der Waals surface area contributed by atoms with Crippen LogP contribution in [0.4, 0.5) is 0 Å². The third-order valence-electron chi connectivity index (χ3n) is 3.21. The fourth-order valence-electron chi connectivity index (χ4n) is 2.19. The summed E-state index contributed by atoms with van der Waals surface area (Å²) in [7, 11) is 0. The maximum atomic E-state index is 6.11. The van der Waals surface area contributed by atoms with Crippen molar-refractivity contribution in [2.75, 3.05) is 5.75 Å². The Bertz CT molecular complexity index is 147. The molecule has 78 valence electrons. The molecule has 1 aliphatic rings. The lowest BCUT2D eigenvalue weighted by molar-refractivity contribution is 0.266. The number of hydrogen-bond donors (Lipinski definition) is 1. The molecule has 0 amide bonds. The van der Waals surface area contributed by atoms with Crippen LogP contribution in [0.1, 0.15) is 40.0 Å². The van der Waals surface area contributed by atoms with E-state index < -0.39 is 0 Å². The van der Waals surface area contributed by atoms with Crippen molar-refractivity contribution in [3.63, 3.8) is 0 Å². The van der Waals surface area contributed by atoms with Gasteiger partial charge in [-0.1, -0.05) is 20.8 Å². The molecule has 1 saturated carbocycles. The summed E-state index contributed by atoms with van der Waals surface area (Å²) in [5.41, 5.74) is 6.11. The average molecular weight is 201 g/mol. The van der Waals surface area contributed by atoms with Crippen LogP contribution in [-0.4, -0.2) is 17.0 Å². The Morgan fingerprint density at radius 3 is 2.62 bits per heavy atom. The lowest BCUT2D eigenvalue weighted by Gasteiger charge is -2.35. The summed E-state index contributed by atoms with van der Waals surface area (Å²) in [6, 6.07) is 0.458. The summed E-state index contributed by atoms with van der Waals surface area (Å²) in [5, 5.41) is 0.728. The van der Waals surface area contributed by atoms with Crippen LogP contribution in [0, 0.1) is 11.8 Å². The first kappa shape index (κ1) is 11.4. The Morgan fingerprint density at radius 1 is 1.38 bits per heavy atom. The lowest BCUT2D eigenvalue weighted by Crippen LogP contribution is -2.39. The van der Waals surface area contributed by atoms with Gasteiger partial charge in [-0.25, -0.2) is 0 Å². The van der Waals surface area contributed by atoms with Crippen molar-refractivity contribution < 1.29 is 0 Å². The molecule has 1 aliphatic carbocycles. The third kappa shape index (κ3) is 3.17. The van der Waals surface area contributed by atoms with E-state index in [0.29, 0.717) is 6.04 Å². The van der Waals surface area contributed by atoms with Crippen molar-refractivity contribution >= 4 is 11.8 Å². The second-order valence-electron chi connectivity index (χ2n) is 4.47. The van der Waals surface area contributed by atoms with Gasteiger partial charge in [0.25, 0.3) is 0 Å². The lowest BCUT2D eigenvalue weighted by atomic mass is 9.79. The van der Waals surface area contributed by atoms with Crippen molar-refractivity contribution in [3.8, 4) is 0 Å². The van der Waals surface area contributed by atoms with E-state index >= 15 is 0 Å². The minimum absolute atomic E-state index is 0.458. The van der Waals surface area contributed by atoms with E-state index in [1.807, 2.05) is 0 Å². The zero-order valence-electron chi connectivity index (χ0n) is 9.12. The molecule has 2 heteroatoms. The van der Waals surface area contributed by atoms with Crippen LogP contribution in [0.25, 0.3) is 0 Å². The highest BCUT2D eigenvalue weighted by Gasteiger charge is 2.29. The Balaban J connectivity index is 2.42. The van der Waals surface area contributed by atoms with Gasteiger partial charge in [-0.2, -0.15) is 11.8 Å². The van der Waals surface area contributed by atoms with Crippen LogP contribution in [0.15, 0.2) is 0 Å². The highest BCUT2D eigenvalue weighted by molar-refractivity contribution is 7.99. The SMILES string of the molecule is CCSC1CC(C(C)C)CCC1N. The summed E-state index contributed by atoms with van der Waals surface area (Å²) in [5.74, 6) is 2.97. The van der Waals surface area contributed by atoms with Gasteiger partial charge in [0.2, 0.25) is 0 Å². The van der Waals surface area contributed by atoms with Crippen molar-refractivity contribution in [2.24, 2.45) is 17.6 Å². The molecule has 3 atom stereocenters. The predicted molar refractivity (Wildman–Crippen MR) is 62.1 cm³/mol. The fourth-order valence-corrected chi connectivity index (χ4v) is 3.39. The molecule has 13 heavy (non-hydrogen) atoms. The van der Waals surface area contributed by atoms with Crippen molar-refractivity contribution in [2.45, 2.75) is 51.3 Å². The fraction of sp³-hybridized carbons (Fsp3) is 1.00. The number of thioether (sulfide) groups is 1. The Hall–Kier alpha value is 0.310. The number of rotatable bonds is 3. The van der Waals surface area contributed by atoms with Gasteiger partial charge >= 0.3 is 0 Å². The number of hydrogen-bond acceptors (Lipinski definition) is 2. The molecular formula is C11H23NS. The quantitative estimate of drug-likeness (QED) is 0.760. The van der Waals surface area contributed by atoms with Gasteiger partial charge in [0.15, 0.2) is 0 Å². The minimum atomic E-state index is 0.458. The molecule has 2 N–H and O–H groups in total. The van der Waals surface area contributed by atoms with Crippen molar-refractivity contribution in [1.82, 2.24) is 0 Å². The Kier molecular flexibility index (Phi) is 4.60. The Morgan fingerprint density at radius 2 is 2.08 bits per heavy atom. The Labute approximate surface area is 86.8 Å². The third-order valence-corrected chi connectivity index (χ3v) is 4.51. The maximum absolute atomic E-state index is 6.11. The van der Waals surface area contributed by atoms with Crippen LogP contribution in [0.3, 0.4) is 0 Å². The molecule has 3 unspecified atom stereocenters. The van der Waals surface area contributed by atoms with Gasteiger partial charge < -0.3 is 5.73 Å². The number of nitrogens with two attached hydrogens (primary N) is 1. The largest absolute Gasteiger partial charge is 0.327 e. The van der Waals surface area contributed by atoms with Gasteiger partial charge in [0.1, 0.15) is 0 Å². The first-order chi connectivity index (χ1) is 6.15. The van der Waals surface area contributed by atoms with E-state index in [0.717, 1.165) is 17.1 Å². The van der Waals surface area contributed by atoms with Gasteiger partial charge in [-0.05, 0) is 36.9 Å². The van der Waals surface area contributed by atoms with Gasteiger partial charge in [0, 0.05) is 11.3 Å². The van der Waals surface area contributed by atoms with Gasteiger partial charge in [0.05, 0.1) is 0 Å². The molecule has 0 saturated heterocycles. The summed E-state index contributed by atoms with van der Waals surface area (Å²) in [6.45, 7) is 6.92. The molecule has 0 bridgehead atoms. The topological polar surface area (TPSA) is 26.0 Å². The van der Waals surface area contributed by atoms with Gasteiger partial charge in [-0.15, -0.1) is 0 Å². The molecule has 1 rings (SSSR count). The maximum Gasteiger partial charge on any atom is 0.0201 e. The van der Waals surface area contributed by atoms with Crippen LogP contribution in [-0.2, 0) is 0 Å². The van der Waals surface area contributed by atoms with Crippen LogP contribution < -0.4 is 5.73 Å². The minimum Gasteiger partial charge on any atom is -0.327 e. The van der Waals surface area contributed by atoms with E-state index in [9.17, 15) is 0 Å². The highest BCUT2D eigenvalue weighted by atomic mass is 32.2. The zero-order valence-corrected chi connectivity index (χ0v) is 9.94. The van der Waals surface area contributed by atoms with Crippen molar-refractivity contribution in [3.05, 3.63) is 0 Å². The molecule has 0 spiro atoms. The van der Waals surface area contributed by atoms with E-state index in [2.05, 4.69) is 32.5 Å². The molecular weight excluding hydrogens is 178 g/mol. The molecule has 0 aromatic rings. The second kappa shape index (κ2) is 5.26. The molecule has 0 heterocycles. The van der Waals surface area contributed by atoms with E-state index in [1.54, 1.807) is 0 Å². The zero-order chi connectivity index (χ0) is 9.84. The van der Waals surface area contributed by atoms with Crippen LogP contribution >= 0.6 is 11.8 Å². The van der Waals surface area contributed by atoms with Crippen molar-refractivity contribution in [1.29, 1.82) is 0 Å². The first-order valence-electron chi connectivity index (χ1n) is 5.52. The highest BCUT2D eigenvalue weighted by Crippen LogP contribution is 2.35. The monoisotopic (exact) mass is 201 g/mol. The second-order valence-corrected chi connectivity index (χ2v) is 5.99. The molecule has 1 fully saturated rings. The molecule has 0 aromatic heterocycles. The normalized spacial score (nSPS) is 35.3. The smallest absolute Gasteiger partial charge is 0.0201 e. The van der Waals surface area contributed by atoms with E-state index in [1.165, 1.54) is 25.0 Å². The summed E-state index contributed by atoms with van der Waals surface area (Å²) < 4.78 is 0. The average Bonchev–Trinajstić information content (AvgIpc) is 2.08. The summed E-state index contributed by atoms with van der Waals surface area (Å²) >= 11 is 2.06. The molecule has 0 aromatic carbocycles. The van der Waals surface area contributed by atoms with Gasteiger partial charge in [-0.3, -0.25) is 0 Å². The molecule has 0 aliphatic heterocycles. The molecule has 1 nitrogen and oxygen atoms in total. The standard InChI is InChI=1S/C11H23NS/c1-4-13-11-7-9(8(2)3)5-6-10(11)12/h8-11H,4-7,12H2,1-3H3. The molecule has 0 radical (unpaired) electrons. The first-order valence-corrected chi connectivity index (χ1v) is 6.57. The van der Waals surface area contributed by atoms with E-state index in [-0.39, 0.29) is 0 Å². The van der Waals surface area contributed by atoms with Crippen LogP contribution in [0.5, 0.6) is 0 Å². The predicted octanol–water partition coefficient (Wildman–Crippen LogP) is 2.89. The van der Waals surface area contributed by atoms with E-state index in [4.69, 9.17) is 5.73 Å². The summed E-state index contributed by atoms with van der Waals surface area (Å²) in [6.07, 6.45) is 3.93. The summed E-state index contributed by atoms with van der Waals surface area (Å²) in [4.78, 5) is 0.